The number of nitrogens with two attached hydrogens (primary N) is 1. The Hall–Kier alpha value is -1.56. The van der Waals surface area contributed by atoms with Crippen molar-refractivity contribution in [3.8, 4) is 0 Å². The Labute approximate surface area is 182 Å². The van der Waals surface area contributed by atoms with Crippen LogP contribution < -0.4 is 35.4 Å². The van der Waals surface area contributed by atoms with Gasteiger partial charge in [0.25, 0.3) is 27.2 Å². The van der Waals surface area contributed by atoms with Crippen molar-refractivity contribution in [2.45, 2.75) is 24.5 Å². The zero-order valence-electron chi connectivity index (χ0n) is 16.1. The minimum absolute atomic E-state index is 0.0203. The highest BCUT2D eigenvalue weighted by molar-refractivity contribution is 7.64. The van der Waals surface area contributed by atoms with Crippen LogP contribution in [0.25, 0.3) is 11.2 Å². The van der Waals surface area contributed by atoms with Gasteiger partial charge in [-0.25, -0.2) is 8.88 Å². The van der Waals surface area contributed by atoms with Crippen molar-refractivity contribution in [3.05, 3.63) is 16.7 Å². The number of phosphoric acid groups is 3. The van der Waals surface area contributed by atoms with Crippen LogP contribution >= 0.6 is 23.5 Å². The van der Waals surface area contributed by atoms with Crippen LogP contribution in [0.15, 0.2) is 11.1 Å². The average molecular weight is 534 g/mol. The molecule has 2 aromatic heterocycles. The molecular formula is C11H15N5O14P3-3. The van der Waals surface area contributed by atoms with Gasteiger partial charge >= 0.3 is 5.65 Å². The molecule has 6 atom stereocenters. The van der Waals surface area contributed by atoms with Crippen LogP contribution in [0, 0.1) is 0 Å². The van der Waals surface area contributed by atoms with E-state index in [1.807, 2.05) is 0 Å². The summed E-state index contributed by atoms with van der Waals surface area (Å²) in [6.45, 7) is -1.12. The number of aromatic amines is 1. The zero-order valence-corrected chi connectivity index (χ0v) is 18.8. The van der Waals surface area contributed by atoms with E-state index in [0.29, 0.717) is 0 Å². The Morgan fingerprint density at radius 2 is 1.85 bits per heavy atom. The molecule has 19 nitrogen and oxygen atoms in total. The molecule has 0 bridgehead atoms. The minimum atomic E-state index is -6.17. The van der Waals surface area contributed by atoms with E-state index in [4.69, 9.17) is 10.5 Å². The molecule has 0 aromatic carbocycles. The van der Waals surface area contributed by atoms with Crippen LogP contribution in [0.1, 0.15) is 6.23 Å². The van der Waals surface area contributed by atoms with Crippen molar-refractivity contribution < 1.29 is 65.9 Å². The molecule has 2 unspecified atom stereocenters. The Kier molecular flexibility index (Phi) is 7.03. The van der Waals surface area contributed by atoms with Crippen molar-refractivity contribution >= 4 is 40.6 Å². The minimum Gasteiger partial charge on any atom is -0.790 e. The van der Waals surface area contributed by atoms with Crippen LogP contribution in [0.2, 0.25) is 0 Å². The Balaban J connectivity index is 1.76. The van der Waals surface area contributed by atoms with Crippen LogP contribution in [0.5, 0.6) is 0 Å². The summed E-state index contributed by atoms with van der Waals surface area (Å²) >= 11 is 0. The number of rotatable bonds is 8. The number of aromatic nitrogens is 4. The number of nitrogens with one attached hydrogen (secondary N) is 1. The first-order valence-electron chi connectivity index (χ1n) is 8.48. The lowest BCUT2D eigenvalue weighted by molar-refractivity contribution is -0.745. The average Bonchev–Trinajstić information content (AvgIpc) is 3.07. The molecule has 0 amide bonds. The van der Waals surface area contributed by atoms with Gasteiger partial charge in [-0.05, 0) is 0 Å². The maximum Gasteiger partial charge on any atom is 0.313 e. The fourth-order valence-corrected chi connectivity index (χ4v) is 5.87. The predicted octanol–water partition coefficient (Wildman–Crippen LogP) is -5.43. The van der Waals surface area contributed by atoms with Gasteiger partial charge in [0.2, 0.25) is 11.7 Å². The molecular weight excluding hydrogens is 519 g/mol. The highest BCUT2D eigenvalue weighted by Crippen LogP contribution is 2.60. The molecule has 1 aliphatic rings. The number of hydrogen-bond donors (Lipinski definition) is 4. The van der Waals surface area contributed by atoms with E-state index >= 15 is 0 Å². The van der Waals surface area contributed by atoms with Gasteiger partial charge in [0.1, 0.15) is 18.3 Å². The summed E-state index contributed by atoms with van der Waals surface area (Å²) in [5.41, 5.74) is 4.86. The monoisotopic (exact) mass is 534 g/mol. The highest BCUT2D eigenvalue weighted by atomic mass is 31.3. The normalized spacial score (nSPS) is 27.5. The van der Waals surface area contributed by atoms with E-state index in [2.05, 4.69) is 23.1 Å². The van der Waals surface area contributed by atoms with Gasteiger partial charge in [-0.1, -0.05) is 4.98 Å². The second kappa shape index (κ2) is 8.90. The number of imidazole rings is 1. The molecule has 0 saturated carbocycles. The first-order chi connectivity index (χ1) is 15.0. The number of ether oxygens (including phenoxy) is 1. The standard InChI is InChI=1S/C11H18N5O14P3/c1-15-3-16(8-5(15)9(19)14-11(12)13-8)10-7(18)6(17)4(28-10)2-27-32(23,24)30-33(25,26)29-31(20,21)22/h3-4,6-7,10,17-18H,2H2,1H3,(H6-,12,13,14,19,20,21,22,23,24,25,26)/p-3/t4-,6-,7-,10-/m1/s1. The van der Waals surface area contributed by atoms with Gasteiger partial charge in [0.15, 0.2) is 6.33 Å². The maximum absolute atomic E-state index is 12.1. The lowest BCUT2D eigenvalue weighted by atomic mass is 10.1. The topological polar surface area (TPSA) is 301 Å². The summed E-state index contributed by atoms with van der Waals surface area (Å²) in [6, 6.07) is 0. The molecule has 3 rings (SSSR count). The SMILES string of the molecule is Cn1c[n+]([C@@H]2O[C@H](COP(=O)([O-])OP(=O)([O-])OP(=O)([O-])[O-])[C@@H](O)[C@H]2O)c2nc(N)[nH]c(=O)c21. The molecule has 1 aliphatic heterocycles. The van der Waals surface area contributed by atoms with Crippen molar-refractivity contribution in [3.63, 3.8) is 0 Å². The lowest BCUT2D eigenvalue weighted by Gasteiger charge is -2.37. The number of aliphatic hydroxyl groups excluding tert-OH is 2. The summed E-state index contributed by atoms with van der Waals surface area (Å²) in [5.74, 6) is -0.269. The summed E-state index contributed by atoms with van der Waals surface area (Å²) in [6.07, 6.45) is -5.28. The van der Waals surface area contributed by atoms with E-state index in [0.717, 1.165) is 4.57 Å². The molecule has 0 radical (unpaired) electrons. The summed E-state index contributed by atoms with van der Waals surface area (Å²) in [4.78, 5) is 61.8. The number of nitrogen functional groups attached to an aromatic ring is 1. The van der Waals surface area contributed by atoms with Gasteiger partial charge in [-0.15, -0.1) is 0 Å². The van der Waals surface area contributed by atoms with Crippen molar-refractivity contribution in [2.24, 2.45) is 7.05 Å². The number of nitrogens with zero attached hydrogens (tertiary/aromatic N) is 3. The van der Waals surface area contributed by atoms with E-state index < -0.39 is 60.2 Å². The van der Waals surface area contributed by atoms with Crippen LogP contribution in [-0.2, 0) is 38.6 Å². The first kappa shape index (κ1) is 26.1. The molecule has 1 fully saturated rings. The van der Waals surface area contributed by atoms with Gasteiger partial charge in [0, 0.05) is 0 Å². The molecule has 186 valence electrons. The zero-order chi connectivity index (χ0) is 24.9. The Morgan fingerprint density at radius 3 is 2.45 bits per heavy atom. The molecule has 33 heavy (non-hydrogen) atoms. The number of fused-ring (bicyclic) bond motifs is 1. The predicted molar refractivity (Wildman–Crippen MR) is 92.8 cm³/mol. The third-order valence-electron chi connectivity index (χ3n) is 4.20. The molecule has 3 heterocycles. The van der Waals surface area contributed by atoms with Gasteiger partial charge in [0.05, 0.1) is 21.5 Å². The molecule has 0 aliphatic carbocycles. The summed E-state index contributed by atoms with van der Waals surface area (Å²) < 4.78 is 51.6. The number of aliphatic hydroxyl groups is 2. The Morgan fingerprint density at radius 1 is 1.21 bits per heavy atom. The third kappa shape index (κ3) is 5.93. The lowest BCUT2D eigenvalue weighted by Crippen LogP contribution is -2.46. The second-order valence-electron chi connectivity index (χ2n) is 6.60. The van der Waals surface area contributed by atoms with E-state index in [1.165, 1.54) is 17.9 Å². The number of anilines is 1. The Bertz CT molecular complexity index is 1260. The van der Waals surface area contributed by atoms with E-state index in [-0.39, 0.29) is 17.1 Å². The van der Waals surface area contributed by atoms with Gasteiger partial charge in [-0.2, -0.15) is 0 Å². The summed E-state index contributed by atoms with van der Waals surface area (Å²) in [7, 11) is -16.7. The van der Waals surface area contributed by atoms with Crippen molar-refractivity contribution in [1.82, 2.24) is 14.5 Å². The third-order valence-corrected chi connectivity index (χ3v) is 7.86. The second-order valence-corrected chi connectivity index (χ2v) is 10.9. The van der Waals surface area contributed by atoms with Gasteiger partial charge in [-0.3, -0.25) is 27.8 Å². The number of aryl methyl sites for hydroxylation is 1. The molecule has 5 N–H and O–H groups in total. The molecule has 2 aromatic rings. The molecule has 0 spiro atoms. The van der Waals surface area contributed by atoms with Crippen molar-refractivity contribution in [1.29, 1.82) is 0 Å². The fraction of sp³-hybridized carbons (Fsp3) is 0.545. The van der Waals surface area contributed by atoms with Crippen LogP contribution in [-0.4, -0.2) is 49.7 Å². The number of hydrogen-bond acceptors (Lipinski definition) is 16. The number of phosphoric ester groups is 1. The van der Waals surface area contributed by atoms with E-state index in [9.17, 15) is 48.3 Å². The summed E-state index contributed by atoms with van der Waals surface area (Å²) in [5, 5.41) is 20.5. The van der Waals surface area contributed by atoms with E-state index in [1.54, 1.807) is 0 Å². The molecule has 22 heteroatoms. The van der Waals surface area contributed by atoms with Crippen LogP contribution in [0.3, 0.4) is 0 Å². The van der Waals surface area contributed by atoms with Crippen molar-refractivity contribution in [2.75, 3.05) is 12.3 Å². The van der Waals surface area contributed by atoms with Gasteiger partial charge < -0.3 is 49.3 Å². The largest absolute Gasteiger partial charge is 0.790 e. The smallest absolute Gasteiger partial charge is 0.313 e. The quantitative estimate of drug-likeness (QED) is 0.181. The fourth-order valence-electron chi connectivity index (χ4n) is 3.00. The molecule has 1 saturated heterocycles. The highest BCUT2D eigenvalue weighted by Gasteiger charge is 2.47. The first-order valence-corrected chi connectivity index (χ1v) is 12.9. The maximum atomic E-state index is 12.1. The van der Waals surface area contributed by atoms with Crippen LogP contribution in [0.4, 0.5) is 5.95 Å². The number of H-pyrrole nitrogens is 1.